The van der Waals surface area contributed by atoms with Gasteiger partial charge >= 0.3 is 6.18 Å². The molecule has 1 aliphatic heterocycles. The van der Waals surface area contributed by atoms with E-state index >= 15 is 0 Å². The van der Waals surface area contributed by atoms with Gasteiger partial charge in [-0.2, -0.15) is 18.3 Å². The number of benzene rings is 1. The normalized spacial score (nSPS) is 15.2. The number of nitrogens with zero attached hydrogens (tertiary/aromatic N) is 6. The Labute approximate surface area is 164 Å². The predicted molar refractivity (Wildman–Crippen MR) is 101 cm³/mol. The summed E-state index contributed by atoms with van der Waals surface area (Å²) in [6.07, 6.45) is -4.53. The van der Waals surface area contributed by atoms with Crippen molar-refractivity contribution < 1.29 is 18.0 Å². The van der Waals surface area contributed by atoms with Gasteiger partial charge in [-0.25, -0.2) is 9.97 Å². The van der Waals surface area contributed by atoms with Crippen LogP contribution in [0.5, 0.6) is 0 Å². The molecular formula is C19H19F3N6O. The molecule has 3 heterocycles. The smallest absolute Gasteiger partial charge is 0.353 e. The fourth-order valence-corrected chi connectivity index (χ4v) is 3.52. The van der Waals surface area contributed by atoms with E-state index in [9.17, 15) is 18.0 Å². The average Bonchev–Trinajstić information content (AvgIpc) is 3.03. The molecule has 0 unspecified atom stereocenters. The van der Waals surface area contributed by atoms with Gasteiger partial charge in [0.1, 0.15) is 17.3 Å². The number of alkyl halides is 3. The van der Waals surface area contributed by atoms with Crippen molar-refractivity contribution in [3.05, 3.63) is 47.5 Å². The zero-order valence-corrected chi connectivity index (χ0v) is 15.9. The van der Waals surface area contributed by atoms with Crippen LogP contribution < -0.4 is 4.90 Å². The third kappa shape index (κ3) is 3.62. The number of aromatic nitrogens is 4. The maximum absolute atomic E-state index is 13.0. The second-order valence-corrected chi connectivity index (χ2v) is 6.92. The van der Waals surface area contributed by atoms with Crippen LogP contribution in [-0.2, 0) is 13.2 Å². The first-order valence-electron chi connectivity index (χ1n) is 9.13. The van der Waals surface area contributed by atoms with E-state index < -0.39 is 11.9 Å². The van der Waals surface area contributed by atoms with Crippen LogP contribution >= 0.6 is 0 Å². The van der Waals surface area contributed by atoms with Gasteiger partial charge in [0.05, 0.1) is 5.52 Å². The number of fused-ring (bicyclic) bond motifs is 1. The number of piperazine rings is 1. The SMILES string of the molecule is Cc1nc(N2CCN(C(=O)c3nn(C)c4ccccc34)CC2)cc(C(F)(F)F)n1. The van der Waals surface area contributed by atoms with E-state index in [0.29, 0.717) is 31.9 Å². The van der Waals surface area contributed by atoms with Crippen LogP contribution in [0.25, 0.3) is 10.9 Å². The van der Waals surface area contributed by atoms with Crippen LogP contribution in [0.4, 0.5) is 19.0 Å². The average molecular weight is 404 g/mol. The molecular weight excluding hydrogens is 385 g/mol. The Morgan fingerprint density at radius 2 is 1.76 bits per heavy atom. The number of amides is 1. The molecule has 2 aromatic heterocycles. The summed E-state index contributed by atoms with van der Waals surface area (Å²) in [6, 6.07) is 8.45. The minimum atomic E-state index is -4.53. The minimum Gasteiger partial charge on any atom is -0.353 e. The molecule has 0 spiro atoms. The molecule has 29 heavy (non-hydrogen) atoms. The molecule has 1 amide bonds. The number of anilines is 1. The van der Waals surface area contributed by atoms with Gasteiger partial charge in [0.2, 0.25) is 0 Å². The number of hydrogen-bond donors (Lipinski definition) is 0. The van der Waals surface area contributed by atoms with E-state index in [-0.39, 0.29) is 17.5 Å². The van der Waals surface area contributed by atoms with Gasteiger partial charge in [-0.3, -0.25) is 9.48 Å². The molecule has 1 aliphatic rings. The van der Waals surface area contributed by atoms with Crippen molar-refractivity contribution in [2.75, 3.05) is 31.1 Å². The number of rotatable bonds is 2. The van der Waals surface area contributed by atoms with Crippen molar-refractivity contribution in [1.82, 2.24) is 24.6 Å². The Balaban J connectivity index is 1.51. The van der Waals surface area contributed by atoms with Crippen molar-refractivity contribution in [3.63, 3.8) is 0 Å². The molecule has 0 bridgehead atoms. The molecule has 0 radical (unpaired) electrons. The second kappa shape index (κ2) is 7.02. The molecule has 0 aliphatic carbocycles. The van der Waals surface area contributed by atoms with Crippen LogP contribution in [0.3, 0.4) is 0 Å². The number of hydrogen-bond acceptors (Lipinski definition) is 5. The summed E-state index contributed by atoms with van der Waals surface area (Å²) in [5.41, 5.74) is 0.290. The number of carbonyl (C=O) groups is 1. The van der Waals surface area contributed by atoms with E-state index in [1.807, 2.05) is 24.3 Å². The Bertz CT molecular complexity index is 1070. The van der Waals surface area contributed by atoms with Crippen LogP contribution in [0.15, 0.2) is 30.3 Å². The first kappa shape index (κ1) is 19.2. The highest BCUT2D eigenvalue weighted by Gasteiger charge is 2.34. The lowest BCUT2D eigenvalue weighted by Crippen LogP contribution is -2.49. The van der Waals surface area contributed by atoms with Crippen molar-refractivity contribution in [1.29, 1.82) is 0 Å². The van der Waals surface area contributed by atoms with E-state index in [1.165, 1.54) is 6.92 Å². The lowest BCUT2D eigenvalue weighted by atomic mass is 10.2. The molecule has 7 nitrogen and oxygen atoms in total. The third-order valence-electron chi connectivity index (χ3n) is 4.97. The van der Waals surface area contributed by atoms with E-state index in [4.69, 9.17) is 0 Å². The quantitative estimate of drug-likeness (QED) is 0.657. The lowest BCUT2D eigenvalue weighted by Gasteiger charge is -2.35. The Morgan fingerprint density at radius 1 is 1.07 bits per heavy atom. The molecule has 10 heteroatoms. The monoisotopic (exact) mass is 404 g/mol. The molecule has 1 aromatic carbocycles. The van der Waals surface area contributed by atoms with Gasteiger partial charge in [0.15, 0.2) is 5.69 Å². The van der Waals surface area contributed by atoms with Crippen LogP contribution in [0.1, 0.15) is 22.0 Å². The Morgan fingerprint density at radius 3 is 2.45 bits per heavy atom. The topological polar surface area (TPSA) is 67.2 Å². The molecule has 4 rings (SSSR count). The summed E-state index contributed by atoms with van der Waals surface area (Å²) in [5, 5.41) is 5.14. The molecule has 3 aromatic rings. The van der Waals surface area contributed by atoms with Gasteiger partial charge in [0.25, 0.3) is 5.91 Å². The molecule has 152 valence electrons. The summed E-state index contributed by atoms with van der Waals surface area (Å²) in [6.45, 7) is 2.93. The number of para-hydroxylation sites is 1. The standard InChI is InChI=1S/C19H19F3N6O/c1-12-23-15(19(20,21)22)11-16(24-12)27-7-9-28(10-8-27)18(29)17-13-5-3-4-6-14(13)26(2)25-17/h3-6,11H,7-10H2,1-2H3. The van der Waals surface area contributed by atoms with Crippen LogP contribution in [0.2, 0.25) is 0 Å². The Hall–Kier alpha value is -3.17. The molecule has 0 atom stereocenters. The highest BCUT2D eigenvalue weighted by molar-refractivity contribution is 6.04. The van der Waals surface area contributed by atoms with E-state index in [2.05, 4.69) is 15.1 Å². The zero-order chi connectivity index (χ0) is 20.8. The lowest BCUT2D eigenvalue weighted by molar-refractivity contribution is -0.141. The molecule has 1 fully saturated rings. The largest absolute Gasteiger partial charge is 0.433 e. The van der Waals surface area contributed by atoms with Crippen molar-refractivity contribution in [2.24, 2.45) is 7.05 Å². The van der Waals surface area contributed by atoms with Crippen LogP contribution in [-0.4, -0.2) is 56.7 Å². The summed E-state index contributed by atoms with van der Waals surface area (Å²) >= 11 is 0. The summed E-state index contributed by atoms with van der Waals surface area (Å²) in [5.74, 6) is 0.102. The van der Waals surface area contributed by atoms with Gasteiger partial charge in [-0.15, -0.1) is 0 Å². The third-order valence-corrected chi connectivity index (χ3v) is 4.97. The van der Waals surface area contributed by atoms with E-state index in [0.717, 1.165) is 17.0 Å². The predicted octanol–water partition coefficient (Wildman–Crippen LogP) is 2.65. The van der Waals surface area contributed by atoms with Crippen LogP contribution in [0, 0.1) is 6.92 Å². The van der Waals surface area contributed by atoms with Crippen molar-refractivity contribution >= 4 is 22.6 Å². The maximum atomic E-state index is 13.0. The first-order valence-corrected chi connectivity index (χ1v) is 9.13. The first-order chi connectivity index (χ1) is 13.7. The Kier molecular flexibility index (Phi) is 4.64. The highest BCUT2D eigenvalue weighted by Crippen LogP contribution is 2.30. The van der Waals surface area contributed by atoms with Crippen molar-refractivity contribution in [3.8, 4) is 0 Å². The van der Waals surface area contributed by atoms with Gasteiger partial charge in [0, 0.05) is 44.7 Å². The second-order valence-electron chi connectivity index (χ2n) is 6.92. The van der Waals surface area contributed by atoms with E-state index in [1.54, 1.807) is 21.5 Å². The van der Waals surface area contributed by atoms with Gasteiger partial charge < -0.3 is 9.80 Å². The number of halogens is 3. The minimum absolute atomic E-state index is 0.0632. The van der Waals surface area contributed by atoms with Gasteiger partial charge in [-0.05, 0) is 13.0 Å². The van der Waals surface area contributed by atoms with Gasteiger partial charge in [-0.1, -0.05) is 18.2 Å². The fourth-order valence-electron chi connectivity index (χ4n) is 3.52. The zero-order valence-electron chi connectivity index (χ0n) is 15.9. The maximum Gasteiger partial charge on any atom is 0.433 e. The molecule has 1 saturated heterocycles. The summed E-state index contributed by atoms with van der Waals surface area (Å²) < 4.78 is 40.8. The fraction of sp³-hybridized carbons (Fsp3) is 0.368. The molecule has 0 N–H and O–H groups in total. The highest BCUT2D eigenvalue weighted by atomic mass is 19.4. The summed E-state index contributed by atoms with van der Waals surface area (Å²) in [4.78, 5) is 24.0. The van der Waals surface area contributed by atoms with Crippen molar-refractivity contribution in [2.45, 2.75) is 13.1 Å². The number of carbonyl (C=O) groups excluding carboxylic acids is 1. The molecule has 0 saturated carbocycles. The number of aryl methyl sites for hydroxylation is 2. The summed E-state index contributed by atoms with van der Waals surface area (Å²) in [7, 11) is 1.78.